The SMILES string of the molecule is C1=C\CCCC/C=C\CCCC/C=C/1. The summed E-state index contributed by atoms with van der Waals surface area (Å²) < 4.78 is 0. The molecule has 0 nitrogen and oxygen atoms in total. The molecule has 0 aliphatic heterocycles. The van der Waals surface area contributed by atoms with Crippen LogP contribution in [0.2, 0.25) is 0 Å². The molecule has 0 aromatic rings. The predicted octanol–water partition coefficient (Wildman–Crippen LogP) is 4.79. The third kappa shape index (κ3) is 6.71. The van der Waals surface area contributed by atoms with Crippen LogP contribution in [0.15, 0.2) is 36.5 Å². The first-order valence-corrected chi connectivity index (χ1v) is 5.97. The molecule has 0 N–H and O–H groups in total. The molecule has 78 valence electrons. The summed E-state index contributed by atoms with van der Waals surface area (Å²) in [4.78, 5) is 0. The quantitative estimate of drug-likeness (QED) is 0.482. The zero-order valence-electron chi connectivity index (χ0n) is 9.12. The molecule has 0 unspecified atom stereocenters. The largest absolute Gasteiger partial charge is 0.0885 e. The van der Waals surface area contributed by atoms with Gasteiger partial charge in [0.15, 0.2) is 0 Å². The molecule has 1 rings (SSSR count). The third-order valence-corrected chi connectivity index (χ3v) is 2.53. The summed E-state index contributed by atoms with van der Waals surface area (Å²) in [5, 5.41) is 0. The van der Waals surface area contributed by atoms with Gasteiger partial charge in [-0.3, -0.25) is 0 Å². The van der Waals surface area contributed by atoms with E-state index in [1.807, 2.05) is 0 Å². The van der Waals surface area contributed by atoms with Gasteiger partial charge >= 0.3 is 0 Å². The lowest BCUT2D eigenvalue weighted by Crippen LogP contribution is -1.75. The van der Waals surface area contributed by atoms with Crippen molar-refractivity contribution in [3.63, 3.8) is 0 Å². The van der Waals surface area contributed by atoms with Gasteiger partial charge in [-0.1, -0.05) is 36.5 Å². The van der Waals surface area contributed by atoms with Crippen molar-refractivity contribution in [2.45, 2.75) is 51.4 Å². The standard InChI is InChI=1S/C14H22/c1-2-4-6-8-10-12-14-13-11-9-7-5-3-1/h1-4,13-14H,5-12H2/b3-1-,4-2+,14-13-. The summed E-state index contributed by atoms with van der Waals surface area (Å²) in [5.41, 5.74) is 0. The Kier molecular flexibility index (Phi) is 7.10. The van der Waals surface area contributed by atoms with Crippen LogP contribution in [0.25, 0.3) is 0 Å². The van der Waals surface area contributed by atoms with Gasteiger partial charge in [0.05, 0.1) is 0 Å². The van der Waals surface area contributed by atoms with Crippen LogP contribution < -0.4 is 0 Å². The van der Waals surface area contributed by atoms with E-state index >= 15 is 0 Å². The molecular weight excluding hydrogens is 168 g/mol. The van der Waals surface area contributed by atoms with E-state index in [1.54, 1.807) is 0 Å². The van der Waals surface area contributed by atoms with E-state index in [-0.39, 0.29) is 0 Å². The first-order chi connectivity index (χ1) is 7.00. The molecule has 0 heteroatoms. The van der Waals surface area contributed by atoms with Gasteiger partial charge in [-0.15, -0.1) is 0 Å². The summed E-state index contributed by atoms with van der Waals surface area (Å²) in [6.45, 7) is 0. The third-order valence-electron chi connectivity index (χ3n) is 2.53. The summed E-state index contributed by atoms with van der Waals surface area (Å²) >= 11 is 0. The van der Waals surface area contributed by atoms with Gasteiger partial charge in [-0.25, -0.2) is 0 Å². The number of hydrogen-bond acceptors (Lipinski definition) is 0. The molecule has 0 aromatic heterocycles. The lowest BCUT2D eigenvalue weighted by Gasteiger charge is -1.95. The minimum Gasteiger partial charge on any atom is -0.0885 e. The molecule has 1 aliphatic rings. The maximum absolute atomic E-state index is 2.35. The fourth-order valence-electron chi connectivity index (χ4n) is 1.63. The van der Waals surface area contributed by atoms with Crippen LogP contribution in [0, 0.1) is 0 Å². The molecule has 1 aliphatic carbocycles. The van der Waals surface area contributed by atoms with Crippen molar-refractivity contribution in [1.29, 1.82) is 0 Å². The van der Waals surface area contributed by atoms with Crippen molar-refractivity contribution in [3.8, 4) is 0 Å². The average molecular weight is 190 g/mol. The van der Waals surface area contributed by atoms with Crippen LogP contribution >= 0.6 is 0 Å². The summed E-state index contributed by atoms with van der Waals surface area (Å²) in [6, 6.07) is 0. The molecule has 0 spiro atoms. The molecule has 14 heavy (non-hydrogen) atoms. The van der Waals surface area contributed by atoms with Crippen molar-refractivity contribution >= 4 is 0 Å². The normalized spacial score (nSPS) is 27.4. The maximum atomic E-state index is 2.35. The Hall–Kier alpha value is -0.780. The molecule has 0 amide bonds. The fraction of sp³-hybridized carbons (Fsp3) is 0.571. The van der Waals surface area contributed by atoms with Gasteiger partial charge in [-0.2, -0.15) is 0 Å². The van der Waals surface area contributed by atoms with E-state index in [4.69, 9.17) is 0 Å². The predicted molar refractivity (Wildman–Crippen MR) is 64.4 cm³/mol. The molecule has 0 fully saturated rings. The van der Waals surface area contributed by atoms with E-state index < -0.39 is 0 Å². The van der Waals surface area contributed by atoms with E-state index in [9.17, 15) is 0 Å². The Morgan fingerprint density at radius 2 is 0.786 bits per heavy atom. The Morgan fingerprint density at radius 1 is 0.429 bits per heavy atom. The van der Waals surface area contributed by atoms with Crippen molar-refractivity contribution in [2.75, 3.05) is 0 Å². The highest BCUT2D eigenvalue weighted by Crippen LogP contribution is 2.06. The molecule has 0 radical (unpaired) electrons. The van der Waals surface area contributed by atoms with Gasteiger partial charge < -0.3 is 0 Å². The van der Waals surface area contributed by atoms with Crippen LogP contribution in [0.3, 0.4) is 0 Å². The Morgan fingerprint density at radius 3 is 1.21 bits per heavy atom. The highest BCUT2D eigenvalue weighted by Gasteiger charge is 1.86. The molecule has 0 bridgehead atoms. The monoisotopic (exact) mass is 190 g/mol. The van der Waals surface area contributed by atoms with Gasteiger partial charge in [0, 0.05) is 0 Å². The van der Waals surface area contributed by atoms with Crippen molar-refractivity contribution in [3.05, 3.63) is 36.5 Å². The zero-order chi connectivity index (χ0) is 9.90. The van der Waals surface area contributed by atoms with Gasteiger partial charge in [0.2, 0.25) is 0 Å². The Balaban J connectivity index is 2.25. The van der Waals surface area contributed by atoms with E-state index in [2.05, 4.69) is 36.5 Å². The Labute approximate surface area is 88.4 Å². The lowest BCUT2D eigenvalue weighted by molar-refractivity contribution is 0.744. The number of rotatable bonds is 0. The molecule has 0 heterocycles. The average Bonchev–Trinajstić information content (AvgIpc) is 2.22. The maximum Gasteiger partial charge on any atom is -0.0347 e. The smallest absolute Gasteiger partial charge is 0.0347 e. The minimum absolute atomic E-state index is 1.23. The van der Waals surface area contributed by atoms with Gasteiger partial charge in [0.1, 0.15) is 0 Å². The van der Waals surface area contributed by atoms with E-state index in [1.165, 1.54) is 51.4 Å². The van der Waals surface area contributed by atoms with E-state index in [0.29, 0.717) is 0 Å². The summed E-state index contributed by atoms with van der Waals surface area (Å²) in [5.74, 6) is 0. The van der Waals surface area contributed by atoms with Crippen LogP contribution in [0.5, 0.6) is 0 Å². The molecular formula is C14H22. The topological polar surface area (TPSA) is 0 Å². The molecule has 0 atom stereocenters. The second kappa shape index (κ2) is 8.80. The van der Waals surface area contributed by atoms with Gasteiger partial charge in [0.25, 0.3) is 0 Å². The van der Waals surface area contributed by atoms with Crippen molar-refractivity contribution in [2.24, 2.45) is 0 Å². The minimum atomic E-state index is 1.23. The molecule has 0 saturated carbocycles. The highest BCUT2D eigenvalue weighted by atomic mass is 13.9. The zero-order valence-corrected chi connectivity index (χ0v) is 9.12. The second-order valence-corrected chi connectivity index (χ2v) is 3.90. The summed E-state index contributed by atoms with van der Waals surface area (Å²) in [6.07, 6.45) is 24.0. The number of hydrogen-bond donors (Lipinski definition) is 0. The highest BCUT2D eigenvalue weighted by molar-refractivity contribution is 5.02. The summed E-state index contributed by atoms with van der Waals surface area (Å²) in [7, 11) is 0. The van der Waals surface area contributed by atoms with E-state index in [0.717, 1.165) is 0 Å². The van der Waals surface area contributed by atoms with Crippen molar-refractivity contribution in [1.82, 2.24) is 0 Å². The molecule has 0 aromatic carbocycles. The Bertz CT molecular complexity index is 174. The van der Waals surface area contributed by atoms with Crippen LogP contribution in [-0.2, 0) is 0 Å². The first kappa shape index (κ1) is 11.3. The van der Waals surface area contributed by atoms with Gasteiger partial charge in [-0.05, 0) is 51.4 Å². The molecule has 0 saturated heterocycles. The number of allylic oxidation sites excluding steroid dienone is 6. The van der Waals surface area contributed by atoms with Crippen LogP contribution in [-0.4, -0.2) is 0 Å². The van der Waals surface area contributed by atoms with Crippen LogP contribution in [0.4, 0.5) is 0 Å². The van der Waals surface area contributed by atoms with Crippen LogP contribution in [0.1, 0.15) is 51.4 Å². The second-order valence-electron chi connectivity index (χ2n) is 3.90. The van der Waals surface area contributed by atoms with Crippen molar-refractivity contribution < 1.29 is 0 Å². The fourth-order valence-corrected chi connectivity index (χ4v) is 1.63. The lowest BCUT2D eigenvalue weighted by atomic mass is 10.1. The first-order valence-electron chi connectivity index (χ1n) is 5.97.